The molecule has 0 saturated carbocycles. The minimum atomic E-state index is -0.423. The van der Waals surface area contributed by atoms with Crippen molar-refractivity contribution in [1.82, 2.24) is 0 Å². The summed E-state index contributed by atoms with van der Waals surface area (Å²) in [5.41, 5.74) is 0. The molecule has 16 heavy (non-hydrogen) atoms. The Morgan fingerprint density at radius 2 is 1.69 bits per heavy atom. The van der Waals surface area contributed by atoms with E-state index >= 15 is 0 Å². The maximum atomic E-state index is 10.8. The largest absolute Gasteiger partial charge is 0.462 e. The van der Waals surface area contributed by atoms with Crippen LogP contribution in [0.5, 0.6) is 0 Å². The lowest BCUT2D eigenvalue weighted by atomic mass is 10.4. The third kappa shape index (κ3) is 8.44. The lowest BCUT2D eigenvalue weighted by Gasteiger charge is -2.22. The number of hydrogen-bond donors (Lipinski definition) is 0. The fourth-order valence-electron chi connectivity index (χ4n) is 1.09. The van der Waals surface area contributed by atoms with Gasteiger partial charge in [0.05, 0.1) is 18.8 Å². The molecule has 4 nitrogen and oxygen atoms in total. The molecule has 0 aromatic heterocycles. The van der Waals surface area contributed by atoms with Gasteiger partial charge in [-0.25, -0.2) is 4.79 Å². The number of ether oxygens (including phenoxy) is 3. The first-order valence-electron chi connectivity index (χ1n) is 5.55. The van der Waals surface area contributed by atoms with Gasteiger partial charge in [-0.2, -0.15) is 0 Å². The summed E-state index contributed by atoms with van der Waals surface area (Å²) in [7, 11) is 0. The number of hydrogen-bond acceptors (Lipinski definition) is 4. The Kier molecular flexibility index (Phi) is 7.85. The van der Waals surface area contributed by atoms with Crippen LogP contribution in [0.25, 0.3) is 0 Å². The van der Waals surface area contributed by atoms with Crippen LogP contribution in [-0.2, 0) is 19.0 Å². The lowest BCUT2D eigenvalue weighted by molar-refractivity contribution is -0.189. The van der Waals surface area contributed by atoms with Gasteiger partial charge in [0.1, 0.15) is 0 Å². The zero-order valence-electron chi connectivity index (χ0n) is 10.6. The number of carbonyl (C=O) groups excluding carboxylic acids is 1. The highest BCUT2D eigenvalue weighted by Crippen LogP contribution is 2.08. The van der Waals surface area contributed by atoms with E-state index in [1.54, 1.807) is 0 Å². The highest BCUT2D eigenvalue weighted by Gasteiger charge is 2.13. The quantitative estimate of drug-likeness (QED) is 0.364. The van der Waals surface area contributed by atoms with Gasteiger partial charge < -0.3 is 14.2 Å². The zero-order chi connectivity index (χ0) is 12.6. The monoisotopic (exact) mass is 230 g/mol. The molecular weight excluding hydrogens is 208 g/mol. The molecule has 0 fully saturated rings. The molecule has 0 amide bonds. The van der Waals surface area contributed by atoms with Crippen LogP contribution in [0.15, 0.2) is 12.7 Å². The minimum absolute atomic E-state index is 0.0823. The summed E-state index contributed by atoms with van der Waals surface area (Å²) in [4.78, 5) is 10.8. The summed E-state index contributed by atoms with van der Waals surface area (Å²) in [6.45, 7) is 11.3. The molecule has 0 unspecified atom stereocenters. The van der Waals surface area contributed by atoms with E-state index in [0.29, 0.717) is 6.42 Å². The molecule has 0 aliphatic carbocycles. The number of rotatable bonds is 8. The Morgan fingerprint density at radius 1 is 1.19 bits per heavy atom. The summed E-state index contributed by atoms with van der Waals surface area (Å²) in [5, 5.41) is 0. The van der Waals surface area contributed by atoms with Crippen molar-refractivity contribution in [3.8, 4) is 0 Å². The van der Waals surface area contributed by atoms with Gasteiger partial charge in [-0.15, -0.1) is 0 Å². The van der Waals surface area contributed by atoms with Gasteiger partial charge in [0.2, 0.25) is 0 Å². The van der Waals surface area contributed by atoms with E-state index in [0.717, 1.165) is 6.08 Å². The second-order valence-electron chi connectivity index (χ2n) is 3.96. The van der Waals surface area contributed by atoms with Crippen molar-refractivity contribution in [2.45, 2.75) is 52.6 Å². The van der Waals surface area contributed by atoms with Crippen molar-refractivity contribution in [1.29, 1.82) is 0 Å². The molecular formula is C12H22O4. The van der Waals surface area contributed by atoms with Gasteiger partial charge in [-0.05, 0) is 27.7 Å². The maximum absolute atomic E-state index is 10.8. The van der Waals surface area contributed by atoms with E-state index < -0.39 is 5.97 Å². The van der Waals surface area contributed by atoms with Gasteiger partial charge >= 0.3 is 5.97 Å². The van der Waals surface area contributed by atoms with Crippen LogP contribution in [0.4, 0.5) is 0 Å². The van der Waals surface area contributed by atoms with Crippen LogP contribution in [0.2, 0.25) is 0 Å². The van der Waals surface area contributed by atoms with Crippen LogP contribution in [0, 0.1) is 0 Å². The van der Waals surface area contributed by atoms with Crippen LogP contribution in [0.1, 0.15) is 34.1 Å². The normalized spacial score (nSPS) is 11.2. The Bertz CT molecular complexity index is 201. The van der Waals surface area contributed by atoms with Gasteiger partial charge in [0.15, 0.2) is 6.29 Å². The van der Waals surface area contributed by atoms with Gasteiger partial charge in [-0.3, -0.25) is 0 Å². The first-order valence-corrected chi connectivity index (χ1v) is 5.55. The van der Waals surface area contributed by atoms with Crippen LogP contribution in [-0.4, -0.2) is 31.1 Å². The Balaban J connectivity index is 3.91. The topological polar surface area (TPSA) is 44.8 Å². The molecule has 0 saturated heterocycles. The van der Waals surface area contributed by atoms with Crippen molar-refractivity contribution < 1.29 is 19.0 Å². The van der Waals surface area contributed by atoms with Gasteiger partial charge in [0, 0.05) is 12.5 Å². The number of esters is 1. The standard InChI is InChI=1S/C12H22O4/c1-6-11(13)14-8-7-12(15-9(2)3)16-10(4)5/h6,9-10,12H,1,7-8H2,2-5H3. The SMILES string of the molecule is C=CC(=O)OCCC(OC(C)C)OC(C)C. The summed E-state index contributed by atoms with van der Waals surface area (Å²) in [6, 6.07) is 0. The van der Waals surface area contributed by atoms with E-state index in [4.69, 9.17) is 14.2 Å². The molecule has 0 N–H and O–H groups in total. The van der Waals surface area contributed by atoms with Gasteiger partial charge in [0.25, 0.3) is 0 Å². The zero-order valence-corrected chi connectivity index (χ0v) is 10.6. The predicted octanol–water partition coefficient (Wildman–Crippen LogP) is 2.28. The van der Waals surface area contributed by atoms with Crippen molar-refractivity contribution in [3.05, 3.63) is 12.7 Å². The van der Waals surface area contributed by atoms with E-state index in [9.17, 15) is 4.79 Å². The van der Waals surface area contributed by atoms with Crippen LogP contribution >= 0.6 is 0 Å². The first kappa shape index (κ1) is 15.1. The summed E-state index contributed by atoms with van der Waals surface area (Å²) >= 11 is 0. The second-order valence-corrected chi connectivity index (χ2v) is 3.96. The summed E-state index contributed by atoms with van der Waals surface area (Å²) in [6.07, 6.45) is 1.49. The lowest BCUT2D eigenvalue weighted by Crippen LogP contribution is -2.26. The first-order chi connectivity index (χ1) is 7.45. The average molecular weight is 230 g/mol. The van der Waals surface area contributed by atoms with Crippen molar-refractivity contribution in [3.63, 3.8) is 0 Å². The Labute approximate surface area is 97.6 Å². The van der Waals surface area contributed by atoms with E-state index in [1.165, 1.54) is 0 Å². The Hall–Kier alpha value is -0.870. The third-order valence-electron chi connectivity index (χ3n) is 1.61. The van der Waals surface area contributed by atoms with E-state index in [2.05, 4.69) is 6.58 Å². The fourth-order valence-corrected chi connectivity index (χ4v) is 1.09. The maximum Gasteiger partial charge on any atom is 0.330 e. The molecule has 0 bridgehead atoms. The van der Waals surface area contributed by atoms with Crippen molar-refractivity contribution >= 4 is 5.97 Å². The predicted molar refractivity (Wildman–Crippen MR) is 62.0 cm³/mol. The molecule has 0 atom stereocenters. The van der Waals surface area contributed by atoms with Crippen molar-refractivity contribution in [2.24, 2.45) is 0 Å². The molecule has 0 aliphatic heterocycles. The van der Waals surface area contributed by atoms with E-state index in [-0.39, 0.29) is 25.1 Å². The molecule has 0 aromatic carbocycles. The van der Waals surface area contributed by atoms with Crippen LogP contribution in [0.3, 0.4) is 0 Å². The molecule has 4 heteroatoms. The van der Waals surface area contributed by atoms with Crippen molar-refractivity contribution in [2.75, 3.05) is 6.61 Å². The highest BCUT2D eigenvalue weighted by atomic mass is 16.7. The Morgan fingerprint density at radius 3 is 2.06 bits per heavy atom. The molecule has 0 heterocycles. The fraction of sp³-hybridized carbons (Fsp3) is 0.750. The van der Waals surface area contributed by atoms with E-state index in [1.807, 2.05) is 27.7 Å². The smallest absolute Gasteiger partial charge is 0.330 e. The molecule has 0 radical (unpaired) electrons. The summed E-state index contributed by atoms with van der Waals surface area (Å²) in [5.74, 6) is -0.423. The third-order valence-corrected chi connectivity index (χ3v) is 1.61. The molecule has 0 aliphatic rings. The highest BCUT2D eigenvalue weighted by molar-refractivity contribution is 5.81. The molecule has 0 spiro atoms. The second kappa shape index (κ2) is 8.30. The number of carbonyl (C=O) groups is 1. The van der Waals surface area contributed by atoms with Gasteiger partial charge in [-0.1, -0.05) is 6.58 Å². The molecule has 0 aromatic rings. The molecule has 0 rings (SSSR count). The summed E-state index contributed by atoms with van der Waals surface area (Å²) < 4.78 is 15.9. The minimum Gasteiger partial charge on any atom is -0.462 e. The van der Waals surface area contributed by atoms with Crippen LogP contribution < -0.4 is 0 Å². The molecule has 94 valence electrons. The average Bonchev–Trinajstić information content (AvgIpc) is 2.15.